The maximum Gasteiger partial charge on any atom is 0.334 e. The van der Waals surface area contributed by atoms with Crippen molar-refractivity contribution in [3.63, 3.8) is 0 Å². The minimum atomic E-state index is -0.346. The van der Waals surface area contributed by atoms with Crippen molar-refractivity contribution in [1.29, 1.82) is 0 Å². The van der Waals surface area contributed by atoms with Crippen LogP contribution in [0.5, 0.6) is 0 Å². The van der Waals surface area contributed by atoms with Crippen LogP contribution in [-0.2, 0) is 9.53 Å². The van der Waals surface area contributed by atoms with Gasteiger partial charge >= 0.3 is 5.97 Å². The number of aliphatic hydroxyl groups excluding tert-OH is 1. The van der Waals surface area contributed by atoms with E-state index in [1.54, 1.807) is 0 Å². The van der Waals surface area contributed by atoms with Gasteiger partial charge in [-0.1, -0.05) is 13.3 Å². The molecule has 0 aromatic heterocycles. The lowest BCUT2D eigenvalue weighted by molar-refractivity contribution is -0.140. The summed E-state index contributed by atoms with van der Waals surface area (Å²) in [6, 6.07) is 0. The van der Waals surface area contributed by atoms with Gasteiger partial charge in [0.25, 0.3) is 0 Å². The number of ether oxygens (including phenoxy) is 1. The lowest BCUT2D eigenvalue weighted by Crippen LogP contribution is -2.17. The smallest absolute Gasteiger partial charge is 0.334 e. The molecule has 0 unspecified atom stereocenters. The lowest BCUT2D eigenvalue weighted by atomic mass is 9.87. The van der Waals surface area contributed by atoms with Crippen molar-refractivity contribution in [2.24, 2.45) is 0 Å². The van der Waals surface area contributed by atoms with Crippen molar-refractivity contribution in [3.8, 4) is 0 Å². The average Bonchev–Trinajstić information content (AvgIpc) is 2.53. The van der Waals surface area contributed by atoms with E-state index in [-0.39, 0.29) is 18.2 Å². The molecule has 0 saturated carbocycles. The molecule has 1 aliphatic heterocycles. The van der Waals surface area contributed by atoms with Crippen LogP contribution in [0.2, 0.25) is 0 Å². The van der Waals surface area contributed by atoms with Crippen molar-refractivity contribution < 1.29 is 14.6 Å². The Morgan fingerprint density at radius 2 is 2.33 bits per heavy atom. The van der Waals surface area contributed by atoms with E-state index in [9.17, 15) is 9.90 Å². The maximum atomic E-state index is 11.5. The summed E-state index contributed by atoms with van der Waals surface area (Å²) in [5.41, 5.74) is 1.92. The molecule has 1 N–H and O–H groups in total. The van der Waals surface area contributed by atoms with Gasteiger partial charge in [0, 0.05) is 12.0 Å². The fourth-order valence-electron chi connectivity index (χ4n) is 2.41. The second-order valence-corrected chi connectivity index (χ2v) is 4.44. The van der Waals surface area contributed by atoms with Crippen molar-refractivity contribution in [1.82, 2.24) is 0 Å². The molecule has 1 heterocycles. The van der Waals surface area contributed by atoms with E-state index in [0.717, 1.165) is 37.7 Å². The van der Waals surface area contributed by atoms with Gasteiger partial charge in [-0.2, -0.15) is 0 Å². The molecule has 2 atom stereocenters. The summed E-state index contributed by atoms with van der Waals surface area (Å²) in [5, 5.41) is 9.49. The molecule has 0 bridgehead atoms. The minimum absolute atomic E-state index is 0.0138. The highest BCUT2D eigenvalue weighted by Gasteiger charge is 2.36. The molecule has 0 saturated heterocycles. The third kappa shape index (κ3) is 2.07. The summed E-state index contributed by atoms with van der Waals surface area (Å²) in [4.78, 5) is 11.5. The van der Waals surface area contributed by atoms with Crippen molar-refractivity contribution in [2.75, 3.05) is 0 Å². The van der Waals surface area contributed by atoms with Crippen molar-refractivity contribution >= 4 is 5.97 Å². The van der Waals surface area contributed by atoms with Gasteiger partial charge < -0.3 is 9.84 Å². The highest BCUT2D eigenvalue weighted by Crippen LogP contribution is 2.36. The number of rotatable bonds is 3. The summed E-state index contributed by atoms with van der Waals surface area (Å²) in [6.45, 7) is 2.14. The number of esters is 1. The van der Waals surface area contributed by atoms with E-state index in [2.05, 4.69) is 6.92 Å². The zero-order valence-electron chi connectivity index (χ0n) is 9.16. The van der Waals surface area contributed by atoms with Gasteiger partial charge in [-0.25, -0.2) is 4.79 Å². The molecule has 0 spiro atoms. The Morgan fingerprint density at radius 1 is 1.53 bits per heavy atom. The number of aliphatic hydroxyl groups is 1. The summed E-state index contributed by atoms with van der Waals surface area (Å²) in [5.74, 6) is -0.190. The van der Waals surface area contributed by atoms with Crippen LogP contribution < -0.4 is 0 Å². The van der Waals surface area contributed by atoms with Crippen LogP contribution in [0.3, 0.4) is 0 Å². The second-order valence-electron chi connectivity index (χ2n) is 4.44. The van der Waals surface area contributed by atoms with Crippen LogP contribution in [0.25, 0.3) is 0 Å². The largest absolute Gasteiger partial charge is 0.454 e. The Balaban J connectivity index is 2.09. The number of carbonyl (C=O) groups is 1. The van der Waals surface area contributed by atoms with Crippen LogP contribution in [0.15, 0.2) is 11.1 Å². The molecule has 3 nitrogen and oxygen atoms in total. The Bertz CT molecular complexity index is 293. The summed E-state index contributed by atoms with van der Waals surface area (Å²) < 4.78 is 5.33. The number of cyclic esters (lactones) is 1. The van der Waals surface area contributed by atoms with Crippen LogP contribution >= 0.6 is 0 Å². The minimum Gasteiger partial charge on any atom is -0.454 e. The number of unbranched alkanes of at least 4 members (excludes halogenated alkanes) is 1. The molecule has 2 aliphatic rings. The molecule has 1 aliphatic carbocycles. The van der Waals surface area contributed by atoms with E-state index in [1.165, 1.54) is 5.57 Å². The first kappa shape index (κ1) is 10.7. The summed E-state index contributed by atoms with van der Waals surface area (Å²) >= 11 is 0. The first-order valence-electron chi connectivity index (χ1n) is 5.83. The van der Waals surface area contributed by atoms with Gasteiger partial charge in [-0.3, -0.25) is 0 Å². The second kappa shape index (κ2) is 4.35. The predicted octanol–water partition coefficient (Wildman–Crippen LogP) is 1.94. The van der Waals surface area contributed by atoms with Crippen LogP contribution in [0.4, 0.5) is 0 Å². The summed E-state index contributed by atoms with van der Waals surface area (Å²) in [6.07, 6.45) is 4.93. The SMILES string of the molecule is CCCC[C@H]1OC(=O)C2=C1CC[C@@H](O)C2. The van der Waals surface area contributed by atoms with Gasteiger partial charge in [-0.15, -0.1) is 0 Å². The van der Waals surface area contributed by atoms with E-state index in [0.29, 0.717) is 6.42 Å². The quantitative estimate of drug-likeness (QED) is 0.724. The monoisotopic (exact) mass is 210 g/mol. The first-order valence-corrected chi connectivity index (χ1v) is 5.83. The number of hydrogen-bond acceptors (Lipinski definition) is 3. The van der Waals surface area contributed by atoms with E-state index in [4.69, 9.17) is 4.74 Å². The van der Waals surface area contributed by atoms with Crippen LogP contribution in [0.1, 0.15) is 45.4 Å². The molecule has 0 aromatic rings. The third-order valence-corrected chi connectivity index (χ3v) is 3.28. The number of carbonyl (C=O) groups excluding carboxylic acids is 1. The normalized spacial score (nSPS) is 30.4. The Labute approximate surface area is 90.1 Å². The molecule has 3 heteroatoms. The summed E-state index contributed by atoms with van der Waals surface area (Å²) in [7, 11) is 0. The zero-order chi connectivity index (χ0) is 10.8. The molecular formula is C12H18O3. The molecular weight excluding hydrogens is 192 g/mol. The van der Waals surface area contributed by atoms with E-state index >= 15 is 0 Å². The number of hydrogen-bond donors (Lipinski definition) is 1. The standard InChI is InChI=1S/C12H18O3/c1-2-3-4-11-9-6-5-8(13)7-10(9)12(14)15-11/h8,11,13H,2-7H2,1H3/t8-,11-/m1/s1. The van der Waals surface area contributed by atoms with Crippen molar-refractivity contribution in [2.45, 2.75) is 57.7 Å². The molecule has 84 valence electrons. The predicted molar refractivity (Wildman–Crippen MR) is 56.3 cm³/mol. The van der Waals surface area contributed by atoms with Crippen LogP contribution in [-0.4, -0.2) is 23.3 Å². The third-order valence-electron chi connectivity index (χ3n) is 3.28. The molecule has 0 fully saturated rings. The van der Waals surface area contributed by atoms with Gasteiger partial charge in [0.05, 0.1) is 6.10 Å². The Hall–Kier alpha value is -0.830. The van der Waals surface area contributed by atoms with Crippen molar-refractivity contribution in [3.05, 3.63) is 11.1 Å². The maximum absolute atomic E-state index is 11.5. The molecule has 15 heavy (non-hydrogen) atoms. The van der Waals surface area contributed by atoms with E-state index < -0.39 is 0 Å². The average molecular weight is 210 g/mol. The fourth-order valence-corrected chi connectivity index (χ4v) is 2.41. The topological polar surface area (TPSA) is 46.5 Å². The molecule has 2 rings (SSSR count). The van der Waals surface area contributed by atoms with Gasteiger partial charge in [-0.05, 0) is 31.3 Å². The van der Waals surface area contributed by atoms with Gasteiger partial charge in [0.1, 0.15) is 6.10 Å². The first-order chi connectivity index (χ1) is 7.22. The van der Waals surface area contributed by atoms with Gasteiger partial charge in [0.2, 0.25) is 0 Å². The highest BCUT2D eigenvalue weighted by molar-refractivity contribution is 5.92. The Kier molecular flexibility index (Phi) is 3.10. The lowest BCUT2D eigenvalue weighted by Gasteiger charge is -2.19. The zero-order valence-corrected chi connectivity index (χ0v) is 9.16. The Morgan fingerprint density at radius 3 is 3.07 bits per heavy atom. The van der Waals surface area contributed by atoms with Crippen LogP contribution in [0, 0.1) is 0 Å². The molecule has 0 aromatic carbocycles. The highest BCUT2D eigenvalue weighted by atomic mass is 16.5. The molecule has 0 radical (unpaired) electrons. The fraction of sp³-hybridized carbons (Fsp3) is 0.750. The van der Waals surface area contributed by atoms with Gasteiger partial charge in [0.15, 0.2) is 0 Å². The van der Waals surface area contributed by atoms with E-state index in [1.807, 2.05) is 0 Å². The molecule has 0 amide bonds.